The SMILES string of the molecule is Cc1cc(C)n(-c2ccc(SCC(=O)NC(=O)Nc3ccccc3)nn2)n1. The Balaban J connectivity index is 1.50. The molecule has 138 valence electrons. The van der Waals surface area contributed by atoms with E-state index in [0.717, 1.165) is 11.4 Å². The molecule has 2 aromatic heterocycles. The van der Waals surface area contributed by atoms with Crippen molar-refractivity contribution in [1.82, 2.24) is 25.3 Å². The lowest BCUT2D eigenvalue weighted by atomic mass is 10.3. The summed E-state index contributed by atoms with van der Waals surface area (Å²) in [5, 5.41) is 18.0. The van der Waals surface area contributed by atoms with Crippen molar-refractivity contribution < 1.29 is 9.59 Å². The predicted molar refractivity (Wildman–Crippen MR) is 103 cm³/mol. The topological polar surface area (TPSA) is 102 Å². The minimum Gasteiger partial charge on any atom is -0.308 e. The maximum Gasteiger partial charge on any atom is 0.325 e. The largest absolute Gasteiger partial charge is 0.325 e. The highest BCUT2D eigenvalue weighted by molar-refractivity contribution is 7.99. The first kappa shape index (κ1) is 18.6. The van der Waals surface area contributed by atoms with E-state index in [4.69, 9.17) is 0 Å². The second-order valence-corrected chi connectivity index (χ2v) is 6.72. The number of aromatic nitrogens is 4. The van der Waals surface area contributed by atoms with E-state index in [1.807, 2.05) is 26.0 Å². The molecule has 27 heavy (non-hydrogen) atoms. The predicted octanol–water partition coefficient (Wildman–Crippen LogP) is 2.72. The first-order valence-electron chi connectivity index (χ1n) is 8.17. The van der Waals surface area contributed by atoms with E-state index >= 15 is 0 Å². The standard InChI is InChI=1S/C18H18N6O2S/c1-12-10-13(2)24(23-12)15-8-9-17(22-21-15)27-11-16(25)20-18(26)19-14-6-4-3-5-7-14/h3-10H,11H2,1-2H3,(H2,19,20,25,26). The zero-order valence-corrected chi connectivity index (χ0v) is 15.7. The van der Waals surface area contributed by atoms with Gasteiger partial charge in [-0.25, -0.2) is 9.48 Å². The zero-order valence-electron chi connectivity index (χ0n) is 14.8. The number of nitrogens with zero attached hydrogens (tertiary/aromatic N) is 4. The van der Waals surface area contributed by atoms with Crippen LogP contribution >= 0.6 is 11.8 Å². The summed E-state index contributed by atoms with van der Waals surface area (Å²) in [6, 6.07) is 13.8. The van der Waals surface area contributed by atoms with Gasteiger partial charge in [0.1, 0.15) is 5.03 Å². The van der Waals surface area contributed by atoms with Gasteiger partial charge in [-0.15, -0.1) is 10.2 Å². The Morgan fingerprint density at radius 1 is 1.07 bits per heavy atom. The van der Waals surface area contributed by atoms with Crippen molar-refractivity contribution >= 4 is 29.4 Å². The second kappa shape index (κ2) is 8.45. The van der Waals surface area contributed by atoms with Crippen LogP contribution in [0.25, 0.3) is 5.82 Å². The first-order valence-corrected chi connectivity index (χ1v) is 9.16. The molecule has 8 nitrogen and oxygen atoms in total. The number of hydrogen-bond donors (Lipinski definition) is 2. The molecule has 0 saturated heterocycles. The van der Waals surface area contributed by atoms with E-state index < -0.39 is 11.9 Å². The van der Waals surface area contributed by atoms with Crippen LogP contribution in [-0.2, 0) is 4.79 Å². The third-order valence-corrected chi connectivity index (χ3v) is 4.41. The van der Waals surface area contributed by atoms with Gasteiger partial charge in [0, 0.05) is 11.4 Å². The van der Waals surface area contributed by atoms with E-state index in [2.05, 4.69) is 25.9 Å². The van der Waals surface area contributed by atoms with Gasteiger partial charge in [0.2, 0.25) is 5.91 Å². The molecule has 0 unspecified atom stereocenters. The summed E-state index contributed by atoms with van der Waals surface area (Å²) >= 11 is 1.19. The summed E-state index contributed by atoms with van der Waals surface area (Å²) in [5.41, 5.74) is 2.48. The van der Waals surface area contributed by atoms with Crippen molar-refractivity contribution in [2.24, 2.45) is 0 Å². The molecule has 3 aromatic rings. The molecule has 0 bridgehead atoms. The number of aryl methyl sites for hydroxylation is 2. The Kier molecular flexibility index (Phi) is 5.82. The van der Waals surface area contributed by atoms with Crippen LogP contribution in [0.1, 0.15) is 11.4 Å². The molecule has 0 radical (unpaired) electrons. The van der Waals surface area contributed by atoms with Crippen LogP contribution in [0.2, 0.25) is 0 Å². The number of para-hydroxylation sites is 1. The monoisotopic (exact) mass is 382 g/mol. The van der Waals surface area contributed by atoms with Gasteiger partial charge < -0.3 is 5.32 Å². The van der Waals surface area contributed by atoms with Gasteiger partial charge in [-0.3, -0.25) is 10.1 Å². The molecule has 0 atom stereocenters. The van der Waals surface area contributed by atoms with Gasteiger partial charge in [0.15, 0.2) is 5.82 Å². The van der Waals surface area contributed by atoms with Gasteiger partial charge in [-0.1, -0.05) is 30.0 Å². The summed E-state index contributed by atoms with van der Waals surface area (Å²) in [5.74, 6) is 0.241. The number of anilines is 1. The van der Waals surface area contributed by atoms with Gasteiger partial charge in [-0.2, -0.15) is 5.10 Å². The van der Waals surface area contributed by atoms with E-state index in [9.17, 15) is 9.59 Å². The highest BCUT2D eigenvalue weighted by atomic mass is 32.2. The van der Waals surface area contributed by atoms with Crippen molar-refractivity contribution in [2.75, 3.05) is 11.1 Å². The molecule has 1 aromatic carbocycles. The van der Waals surface area contributed by atoms with Crippen molar-refractivity contribution in [3.05, 3.63) is 59.9 Å². The summed E-state index contributed by atoms with van der Waals surface area (Å²) in [7, 11) is 0. The average Bonchev–Trinajstić information content (AvgIpc) is 2.99. The maximum atomic E-state index is 11.9. The normalized spacial score (nSPS) is 10.4. The Morgan fingerprint density at radius 3 is 2.48 bits per heavy atom. The molecule has 2 N–H and O–H groups in total. The highest BCUT2D eigenvalue weighted by Gasteiger charge is 2.10. The third-order valence-electron chi connectivity index (χ3n) is 3.49. The van der Waals surface area contributed by atoms with Crippen LogP contribution in [0, 0.1) is 13.8 Å². The fourth-order valence-electron chi connectivity index (χ4n) is 2.35. The number of imide groups is 1. The minimum absolute atomic E-state index is 0.0517. The van der Waals surface area contributed by atoms with Gasteiger partial charge in [-0.05, 0) is 44.2 Å². The fourth-order valence-corrected chi connectivity index (χ4v) is 2.96. The quantitative estimate of drug-likeness (QED) is 0.658. The van der Waals surface area contributed by atoms with E-state index in [1.165, 1.54) is 11.8 Å². The van der Waals surface area contributed by atoms with Crippen LogP contribution < -0.4 is 10.6 Å². The molecule has 0 fully saturated rings. The number of thioether (sulfide) groups is 1. The van der Waals surface area contributed by atoms with E-state index in [1.54, 1.807) is 41.1 Å². The molecule has 0 aliphatic rings. The molecule has 0 saturated carbocycles. The number of carbonyl (C=O) groups is 2. The van der Waals surface area contributed by atoms with Crippen molar-refractivity contribution in [3.63, 3.8) is 0 Å². The third kappa shape index (κ3) is 5.14. The van der Waals surface area contributed by atoms with E-state index in [0.29, 0.717) is 16.5 Å². The maximum absolute atomic E-state index is 11.9. The van der Waals surface area contributed by atoms with Crippen LogP contribution in [0.15, 0.2) is 53.6 Å². The first-order chi connectivity index (χ1) is 13.0. The Hall–Kier alpha value is -3.20. The van der Waals surface area contributed by atoms with Crippen LogP contribution in [-0.4, -0.2) is 37.7 Å². The van der Waals surface area contributed by atoms with Gasteiger partial charge in [0.05, 0.1) is 11.4 Å². The minimum atomic E-state index is -0.572. The molecular weight excluding hydrogens is 364 g/mol. The molecule has 0 aliphatic heterocycles. The van der Waals surface area contributed by atoms with Crippen molar-refractivity contribution in [3.8, 4) is 5.82 Å². The molecule has 3 amide bonds. The molecule has 2 heterocycles. The Bertz CT molecular complexity index is 940. The molecule has 0 aliphatic carbocycles. The lowest BCUT2D eigenvalue weighted by molar-refractivity contribution is -0.117. The molecular formula is C18H18N6O2S. The van der Waals surface area contributed by atoms with Crippen LogP contribution in [0.5, 0.6) is 0 Å². The highest BCUT2D eigenvalue weighted by Crippen LogP contribution is 2.16. The summed E-state index contributed by atoms with van der Waals surface area (Å²) in [6.07, 6.45) is 0. The van der Waals surface area contributed by atoms with Gasteiger partial charge >= 0.3 is 6.03 Å². The number of nitrogens with one attached hydrogen (secondary N) is 2. The molecule has 3 rings (SSSR count). The second-order valence-electron chi connectivity index (χ2n) is 5.73. The molecule has 0 spiro atoms. The van der Waals surface area contributed by atoms with Crippen LogP contribution in [0.4, 0.5) is 10.5 Å². The van der Waals surface area contributed by atoms with Crippen molar-refractivity contribution in [1.29, 1.82) is 0 Å². The van der Waals surface area contributed by atoms with E-state index in [-0.39, 0.29) is 5.75 Å². The number of hydrogen-bond acceptors (Lipinski definition) is 6. The Labute approximate surface area is 160 Å². The fraction of sp³-hybridized carbons (Fsp3) is 0.167. The smallest absolute Gasteiger partial charge is 0.308 e. The van der Waals surface area contributed by atoms with Crippen LogP contribution in [0.3, 0.4) is 0 Å². The number of rotatable bonds is 5. The van der Waals surface area contributed by atoms with Gasteiger partial charge in [0.25, 0.3) is 0 Å². The average molecular weight is 382 g/mol. The lowest BCUT2D eigenvalue weighted by Crippen LogP contribution is -2.35. The number of amides is 3. The summed E-state index contributed by atoms with van der Waals surface area (Å²) < 4.78 is 1.71. The lowest BCUT2D eigenvalue weighted by Gasteiger charge is -2.06. The summed E-state index contributed by atoms with van der Waals surface area (Å²) in [6.45, 7) is 3.85. The summed E-state index contributed by atoms with van der Waals surface area (Å²) in [4.78, 5) is 23.7. The number of urea groups is 1. The zero-order chi connectivity index (χ0) is 19.2. The molecule has 9 heteroatoms. The Morgan fingerprint density at radius 2 is 1.85 bits per heavy atom. The number of benzene rings is 1. The number of carbonyl (C=O) groups excluding carboxylic acids is 2. The van der Waals surface area contributed by atoms with Crippen molar-refractivity contribution in [2.45, 2.75) is 18.9 Å².